The molecule has 11 nitrogen and oxygen atoms in total. The Morgan fingerprint density at radius 2 is 1.47 bits per heavy atom. The number of amides is 2. The zero-order valence-electron chi connectivity index (χ0n) is 25.0. The van der Waals surface area contributed by atoms with E-state index in [2.05, 4.69) is 10.6 Å². The fourth-order valence-electron chi connectivity index (χ4n) is 3.60. The molecule has 248 valence electrons. The Labute approximate surface area is 258 Å². The summed E-state index contributed by atoms with van der Waals surface area (Å²) < 4.78 is 26.2. The van der Waals surface area contributed by atoms with Crippen molar-refractivity contribution >= 4 is 23.8 Å². The largest absolute Gasteiger partial charge is 0.463 e. The average Bonchev–Trinajstić information content (AvgIpc) is 2.92. The van der Waals surface area contributed by atoms with Gasteiger partial charge in [0.1, 0.15) is 12.2 Å². The maximum Gasteiger partial charge on any atom is 0.407 e. The second kappa shape index (κ2) is 25.5. The summed E-state index contributed by atoms with van der Waals surface area (Å²) in [6, 6.07) is 9.38. The van der Waals surface area contributed by atoms with Crippen LogP contribution in [0.15, 0.2) is 30.3 Å². The van der Waals surface area contributed by atoms with Gasteiger partial charge >= 0.3 is 12.1 Å². The molecule has 1 aromatic rings. The molecule has 1 unspecified atom stereocenters. The Kier molecular flexibility index (Phi) is 25.0. The molecule has 11 heteroatoms. The highest BCUT2D eigenvalue weighted by atomic mass is 16.6. The van der Waals surface area contributed by atoms with Gasteiger partial charge in [-0.3, -0.25) is 14.4 Å². The smallest absolute Gasteiger partial charge is 0.407 e. The molecule has 0 fully saturated rings. The van der Waals surface area contributed by atoms with E-state index in [1.54, 1.807) is 27.9 Å². The molecule has 0 aliphatic carbocycles. The van der Waals surface area contributed by atoms with E-state index in [0.717, 1.165) is 12.0 Å². The van der Waals surface area contributed by atoms with Crippen molar-refractivity contribution in [3.63, 3.8) is 0 Å². The van der Waals surface area contributed by atoms with E-state index in [1.807, 2.05) is 30.3 Å². The number of ether oxygens (including phenoxy) is 5. The van der Waals surface area contributed by atoms with E-state index in [-0.39, 0.29) is 52.7 Å². The highest BCUT2D eigenvalue weighted by Crippen LogP contribution is 2.14. The Balaban J connectivity index is 0. The van der Waals surface area contributed by atoms with Crippen LogP contribution in [0.1, 0.15) is 73.3 Å². The predicted molar refractivity (Wildman–Crippen MR) is 167 cm³/mol. The van der Waals surface area contributed by atoms with Gasteiger partial charge in [-0.05, 0) is 52.0 Å². The Morgan fingerprint density at radius 1 is 0.814 bits per heavy atom. The minimum Gasteiger partial charge on any atom is -0.463 e. The molecule has 0 radical (unpaired) electrons. The number of carbonyl (C=O) groups is 4. The first-order valence-corrected chi connectivity index (χ1v) is 14.2. The van der Waals surface area contributed by atoms with Gasteiger partial charge < -0.3 is 34.3 Å². The highest BCUT2D eigenvalue weighted by Gasteiger charge is 2.24. The fraction of sp³-hybridized carbons (Fsp3) is 0.688. The lowest BCUT2D eigenvalue weighted by Crippen LogP contribution is -2.37. The molecule has 0 aliphatic rings. The van der Waals surface area contributed by atoms with E-state index in [0.29, 0.717) is 58.7 Å². The topological polar surface area (TPSA) is 138 Å². The summed E-state index contributed by atoms with van der Waals surface area (Å²) in [5.41, 5.74) is 0.353. The number of benzene rings is 1. The summed E-state index contributed by atoms with van der Waals surface area (Å²) in [7, 11) is 1.61. The van der Waals surface area contributed by atoms with Gasteiger partial charge in [-0.2, -0.15) is 0 Å². The van der Waals surface area contributed by atoms with Gasteiger partial charge in [0.05, 0.1) is 38.7 Å². The number of methoxy groups -OCH3 is 1. The summed E-state index contributed by atoms with van der Waals surface area (Å²) in [6.45, 7) is 7.92. The Bertz CT molecular complexity index is 889. The van der Waals surface area contributed by atoms with Crippen molar-refractivity contribution in [2.75, 3.05) is 59.8 Å². The molecule has 2 amide bonds. The van der Waals surface area contributed by atoms with Crippen LogP contribution in [0.2, 0.25) is 0 Å². The maximum atomic E-state index is 12.9. The first-order valence-electron chi connectivity index (χ1n) is 14.2. The van der Waals surface area contributed by atoms with Crippen LogP contribution in [0.4, 0.5) is 4.79 Å². The van der Waals surface area contributed by atoms with Crippen LogP contribution in [0.25, 0.3) is 0 Å². The second-order valence-corrected chi connectivity index (χ2v) is 10.5. The number of rotatable bonds is 22. The van der Waals surface area contributed by atoms with E-state index in [4.69, 9.17) is 23.7 Å². The number of nitrogens with one attached hydrogen (secondary N) is 2. The van der Waals surface area contributed by atoms with Crippen LogP contribution in [0.3, 0.4) is 0 Å². The molecular formula is C32H56N2O9. The van der Waals surface area contributed by atoms with Crippen LogP contribution >= 0.6 is 0 Å². The Hall–Kier alpha value is -3.02. The van der Waals surface area contributed by atoms with Crippen molar-refractivity contribution in [2.24, 2.45) is 5.92 Å². The minimum atomic E-state index is -0.674. The molecule has 0 bridgehead atoms. The number of carbonyl (C=O) groups excluding carboxylic acids is 4. The molecule has 0 heterocycles. The van der Waals surface area contributed by atoms with Crippen molar-refractivity contribution in [3.8, 4) is 0 Å². The summed E-state index contributed by atoms with van der Waals surface area (Å²) in [5.74, 6) is -1.63. The third kappa shape index (κ3) is 24.2. The molecule has 0 spiro atoms. The molecule has 2 N–H and O–H groups in total. The summed E-state index contributed by atoms with van der Waals surface area (Å²) in [4.78, 5) is 49.2. The summed E-state index contributed by atoms with van der Waals surface area (Å²) in [5, 5.41) is 5.33. The molecular weight excluding hydrogens is 556 g/mol. The summed E-state index contributed by atoms with van der Waals surface area (Å²) in [6.07, 6.45) is 2.08. The molecule has 0 saturated heterocycles. The van der Waals surface area contributed by atoms with Crippen LogP contribution in [0.5, 0.6) is 0 Å². The number of esters is 1. The zero-order chi connectivity index (χ0) is 30.3. The van der Waals surface area contributed by atoms with Crippen molar-refractivity contribution in [1.82, 2.24) is 10.6 Å². The van der Waals surface area contributed by atoms with Crippen molar-refractivity contribution in [3.05, 3.63) is 35.9 Å². The lowest BCUT2D eigenvalue weighted by atomic mass is 9.95. The molecule has 0 aliphatic heterocycles. The number of unbranched alkanes of at least 4 members (excludes halogenated alkanes) is 1. The van der Waals surface area contributed by atoms with Gasteiger partial charge in [0.15, 0.2) is 5.78 Å². The van der Waals surface area contributed by atoms with Crippen LogP contribution < -0.4 is 10.6 Å². The molecule has 0 saturated carbocycles. The highest BCUT2D eigenvalue weighted by molar-refractivity contribution is 5.88. The van der Waals surface area contributed by atoms with Gasteiger partial charge in [-0.1, -0.05) is 45.2 Å². The standard InChI is InChI=1S/C30H48N2O9.2CH4/c1-30(2,3)41-29(36)31-14-10-16-39-19-20-40-27(34)22-25(21-24-11-6-5-7-12-24)28(35)32-23-26(33)13-8-9-15-38-18-17-37-4;;/h5-7,11-12,25H,8-10,13-23H2,1-4H3,(H,31,36)(H,32,35);2*1H4. The van der Waals surface area contributed by atoms with Crippen molar-refractivity contribution < 1.29 is 42.9 Å². The SMILES string of the molecule is C.C.COCCOCCCCC(=O)CNC(=O)C(CC(=O)OCCOCCCNC(=O)OC(C)(C)C)Cc1ccccc1. The maximum absolute atomic E-state index is 12.9. The number of hydrogen-bond acceptors (Lipinski definition) is 9. The quantitative estimate of drug-likeness (QED) is 0.143. The van der Waals surface area contributed by atoms with Crippen LogP contribution in [-0.4, -0.2) is 89.2 Å². The van der Waals surface area contributed by atoms with Gasteiger partial charge in [0.2, 0.25) is 5.91 Å². The number of Topliss-reactive ketones (excluding diaryl/α,β-unsaturated/α-hetero) is 1. The lowest BCUT2D eigenvalue weighted by molar-refractivity contribution is -0.148. The first kappa shape index (κ1) is 42.1. The number of hydrogen-bond donors (Lipinski definition) is 2. The van der Waals surface area contributed by atoms with Gasteiger partial charge in [0, 0.05) is 33.3 Å². The minimum absolute atomic E-state index is 0. The van der Waals surface area contributed by atoms with E-state index in [9.17, 15) is 19.2 Å². The van der Waals surface area contributed by atoms with E-state index < -0.39 is 23.6 Å². The molecule has 43 heavy (non-hydrogen) atoms. The predicted octanol–water partition coefficient (Wildman–Crippen LogP) is 4.50. The van der Waals surface area contributed by atoms with E-state index >= 15 is 0 Å². The van der Waals surface area contributed by atoms with Gasteiger partial charge in [-0.25, -0.2) is 4.79 Å². The Morgan fingerprint density at radius 3 is 2.12 bits per heavy atom. The van der Waals surface area contributed by atoms with Crippen molar-refractivity contribution in [2.45, 2.75) is 79.8 Å². The molecule has 1 atom stereocenters. The third-order valence-electron chi connectivity index (χ3n) is 5.62. The number of ketones is 1. The zero-order valence-corrected chi connectivity index (χ0v) is 25.0. The van der Waals surface area contributed by atoms with Gasteiger partial charge in [0.25, 0.3) is 0 Å². The molecule has 1 rings (SSSR count). The lowest BCUT2D eigenvalue weighted by Gasteiger charge is -2.19. The summed E-state index contributed by atoms with van der Waals surface area (Å²) >= 11 is 0. The second-order valence-electron chi connectivity index (χ2n) is 10.5. The van der Waals surface area contributed by atoms with E-state index in [1.165, 1.54) is 0 Å². The van der Waals surface area contributed by atoms with Gasteiger partial charge in [-0.15, -0.1) is 0 Å². The van der Waals surface area contributed by atoms with Crippen LogP contribution in [0, 0.1) is 5.92 Å². The van der Waals surface area contributed by atoms with Crippen LogP contribution in [-0.2, 0) is 44.5 Å². The van der Waals surface area contributed by atoms with Crippen molar-refractivity contribution in [1.29, 1.82) is 0 Å². The number of alkyl carbamates (subject to hydrolysis) is 1. The third-order valence-corrected chi connectivity index (χ3v) is 5.62. The monoisotopic (exact) mass is 612 g/mol. The first-order chi connectivity index (χ1) is 19.6. The molecule has 1 aromatic carbocycles. The average molecular weight is 613 g/mol. The fourth-order valence-corrected chi connectivity index (χ4v) is 3.60. The normalized spacial score (nSPS) is 11.3. The molecule has 0 aromatic heterocycles.